The van der Waals surface area contributed by atoms with Crippen LogP contribution in [0.5, 0.6) is 0 Å². The van der Waals surface area contributed by atoms with Crippen molar-refractivity contribution in [1.29, 1.82) is 0 Å². The summed E-state index contributed by atoms with van der Waals surface area (Å²) in [7, 11) is 0. The topological polar surface area (TPSA) is 23.6 Å². The molecular weight excluding hydrogens is 269 g/mol. The van der Waals surface area contributed by atoms with E-state index in [0.717, 1.165) is 19.4 Å². The van der Waals surface area contributed by atoms with Gasteiger partial charge in [0.05, 0.1) is 6.42 Å². The smallest absolute Gasteiger partial charge is 0.343 e. The quantitative estimate of drug-likeness (QED) is 0.795. The standard InChI is InChI=1S/C14H23F3N2O/c15-14(16,17)6-3-13(20)19-9-4-12(5-10-19)11-18-7-1-2-8-18/h12H,1-11H2. The van der Waals surface area contributed by atoms with Crippen LogP contribution in [0, 0.1) is 5.92 Å². The van der Waals surface area contributed by atoms with Gasteiger partial charge in [-0.25, -0.2) is 0 Å². The predicted octanol–water partition coefficient (Wildman–Crippen LogP) is 2.66. The van der Waals surface area contributed by atoms with E-state index in [1.807, 2.05) is 0 Å². The number of rotatable bonds is 4. The third kappa shape index (κ3) is 4.96. The van der Waals surface area contributed by atoms with Gasteiger partial charge in [0.25, 0.3) is 0 Å². The molecule has 6 heteroatoms. The van der Waals surface area contributed by atoms with Crippen LogP contribution in [0.2, 0.25) is 0 Å². The Morgan fingerprint density at radius 1 is 1.05 bits per heavy atom. The van der Waals surface area contributed by atoms with Crippen LogP contribution < -0.4 is 0 Å². The maximum atomic E-state index is 12.1. The van der Waals surface area contributed by atoms with Crippen molar-refractivity contribution in [2.45, 2.75) is 44.7 Å². The van der Waals surface area contributed by atoms with Crippen LogP contribution in [0.4, 0.5) is 13.2 Å². The number of hydrogen-bond donors (Lipinski definition) is 0. The maximum absolute atomic E-state index is 12.1. The lowest BCUT2D eigenvalue weighted by Crippen LogP contribution is -2.41. The Hall–Kier alpha value is -0.780. The van der Waals surface area contributed by atoms with Gasteiger partial charge < -0.3 is 9.80 Å². The number of piperidine rings is 1. The van der Waals surface area contributed by atoms with E-state index in [1.54, 1.807) is 4.90 Å². The molecule has 3 nitrogen and oxygen atoms in total. The van der Waals surface area contributed by atoms with Gasteiger partial charge in [0.15, 0.2) is 0 Å². The van der Waals surface area contributed by atoms with Crippen LogP contribution in [0.3, 0.4) is 0 Å². The average Bonchev–Trinajstić information content (AvgIpc) is 2.89. The van der Waals surface area contributed by atoms with E-state index in [9.17, 15) is 18.0 Å². The summed E-state index contributed by atoms with van der Waals surface area (Å²) in [6, 6.07) is 0. The zero-order valence-electron chi connectivity index (χ0n) is 11.8. The normalized spacial score (nSPS) is 22.4. The minimum atomic E-state index is -4.23. The number of hydrogen-bond acceptors (Lipinski definition) is 2. The average molecular weight is 292 g/mol. The van der Waals surface area contributed by atoms with Crippen LogP contribution in [0.1, 0.15) is 38.5 Å². The molecule has 2 rings (SSSR count). The molecule has 2 aliphatic rings. The number of carbonyl (C=O) groups is 1. The highest BCUT2D eigenvalue weighted by Crippen LogP contribution is 2.24. The fourth-order valence-electron chi connectivity index (χ4n) is 3.10. The number of halogens is 3. The molecule has 1 amide bonds. The first-order valence-corrected chi connectivity index (χ1v) is 7.51. The highest BCUT2D eigenvalue weighted by atomic mass is 19.4. The molecule has 2 fully saturated rings. The first kappa shape index (κ1) is 15.6. The van der Waals surface area contributed by atoms with Crippen molar-refractivity contribution in [3.63, 3.8) is 0 Å². The molecule has 0 aromatic carbocycles. The van der Waals surface area contributed by atoms with Gasteiger partial charge in [-0.05, 0) is 44.7 Å². The molecule has 116 valence electrons. The monoisotopic (exact) mass is 292 g/mol. The first-order chi connectivity index (χ1) is 9.44. The van der Waals surface area contributed by atoms with Crippen molar-refractivity contribution >= 4 is 5.91 Å². The zero-order chi connectivity index (χ0) is 14.6. The number of alkyl halides is 3. The lowest BCUT2D eigenvalue weighted by molar-refractivity contribution is -0.149. The summed E-state index contributed by atoms with van der Waals surface area (Å²) in [4.78, 5) is 15.8. The number of amides is 1. The summed E-state index contributed by atoms with van der Waals surface area (Å²) in [6.07, 6.45) is -1.24. The van der Waals surface area contributed by atoms with Crippen LogP contribution in [0.15, 0.2) is 0 Å². The Morgan fingerprint density at radius 2 is 1.65 bits per heavy atom. The number of nitrogens with zero attached hydrogens (tertiary/aromatic N) is 2. The molecule has 0 saturated carbocycles. The van der Waals surface area contributed by atoms with Gasteiger partial charge in [0.2, 0.25) is 5.91 Å². The molecule has 0 aromatic heterocycles. The highest BCUT2D eigenvalue weighted by molar-refractivity contribution is 5.76. The first-order valence-electron chi connectivity index (χ1n) is 7.51. The van der Waals surface area contributed by atoms with E-state index in [0.29, 0.717) is 19.0 Å². The van der Waals surface area contributed by atoms with E-state index in [2.05, 4.69) is 4.90 Å². The highest BCUT2D eigenvalue weighted by Gasteiger charge is 2.30. The van der Waals surface area contributed by atoms with E-state index >= 15 is 0 Å². The molecule has 0 aromatic rings. The second kappa shape index (κ2) is 6.78. The number of likely N-dealkylation sites (tertiary alicyclic amines) is 2. The van der Waals surface area contributed by atoms with E-state index in [1.165, 1.54) is 25.9 Å². The molecule has 0 aliphatic carbocycles. The Balaban J connectivity index is 1.66. The molecular formula is C14H23F3N2O. The summed E-state index contributed by atoms with van der Waals surface area (Å²) >= 11 is 0. The molecule has 0 bridgehead atoms. The van der Waals surface area contributed by atoms with Gasteiger partial charge in [0, 0.05) is 26.1 Å². The molecule has 2 heterocycles. The number of carbonyl (C=O) groups excluding carboxylic acids is 1. The van der Waals surface area contributed by atoms with E-state index in [-0.39, 0.29) is 5.91 Å². The molecule has 0 spiro atoms. The Labute approximate surface area is 118 Å². The van der Waals surface area contributed by atoms with E-state index in [4.69, 9.17) is 0 Å². The van der Waals surface area contributed by atoms with Gasteiger partial charge in [0.1, 0.15) is 0 Å². The molecule has 20 heavy (non-hydrogen) atoms. The Bertz CT molecular complexity index is 319. The molecule has 0 N–H and O–H groups in total. The summed E-state index contributed by atoms with van der Waals surface area (Å²) in [5.74, 6) is 0.252. The molecule has 0 unspecified atom stereocenters. The molecule has 2 saturated heterocycles. The Kier molecular flexibility index (Phi) is 5.29. The lowest BCUT2D eigenvalue weighted by atomic mass is 9.96. The molecule has 0 atom stereocenters. The van der Waals surface area contributed by atoms with Crippen LogP contribution >= 0.6 is 0 Å². The lowest BCUT2D eigenvalue weighted by Gasteiger charge is -2.34. The largest absolute Gasteiger partial charge is 0.389 e. The summed E-state index contributed by atoms with van der Waals surface area (Å²) < 4.78 is 36.3. The summed E-state index contributed by atoms with van der Waals surface area (Å²) in [5.41, 5.74) is 0. The predicted molar refractivity (Wildman–Crippen MR) is 70.3 cm³/mol. The van der Waals surface area contributed by atoms with Crippen molar-refractivity contribution < 1.29 is 18.0 Å². The summed E-state index contributed by atoms with van der Waals surface area (Å²) in [5, 5.41) is 0. The second-order valence-electron chi connectivity index (χ2n) is 5.95. The third-order valence-electron chi connectivity index (χ3n) is 4.30. The maximum Gasteiger partial charge on any atom is 0.389 e. The second-order valence-corrected chi connectivity index (χ2v) is 5.95. The van der Waals surface area contributed by atoms with Crippen LogP contribution in [-0.2, 0) is 4.79 Å². The van der Waals surface area contributed by atoms with Gasteiger partial charge in [-0.2, -0.15) is 13.2 Å². The SMILES string of the molecule is O=C(CCC(F)(F)F)N1CCC(CN2CCCC2)CC1. The van der Waals surface area contributed by atoms with Crippen molar-refractivity contribution in [3.8, 4) is 0 Å². The van der Waals surface area contributed by atoms with Gasteiger partial charge in [-0.3, -0.25) is 4.79 Å². The minimum absolute atomic E-state index is 0.345. The van der Waals surface area contributed by atoms with Crippen molar-refractivity contribution in [3.05, 3.63) is 0 Å². The Morgan fingerprint density at radius 3 is 2.20 bits per heavy atom. The summed E-state index contributed by atoms with van der Waals surface area (Å²) in [6.45, 7) is 4.67. The van der Waals surface area contributed by atoms with Gasteiger partial charge in [-0.15, -0.1) is 0 Å². The van der Waals surface area contributed by atoms with Crippen LogP contribution in [-0.4, -0.2) is 54.6 Å². The molecule has 2 aliphatic heterocycles. The van der Waals surface area contributed by atoms with Crippen molar-refractivity contribution in [1.82, 2.24) is 9.80 Å². The van der Waals surface area contributed by atoms with Gasteiger partial charge in [-0.1, -0.05) is 0 Å². The van der Waals surface area contributed by atoms with E-state index < -0.39 is 19.0 Å². The molecule has 0 radical (unpaired) electrons. The fraction of sp³-hybridized carbons (Fsp3) is 0.929. The third-order valence-corrected chi connectivity index (χ3v) is 4.30. The fourth-order valence-corrected chi connectivity index (χ4v) is 3.10. The van der Waals surface area contributed by atoms with Crippen molar-refractivity contribution in [2.24, 2.45) is 5.92 Å². The van der Waals surface area contributed by atoms with Crippen molar-refractivity contribution in [2.75, 3.05) is 32.7 Å². The minimum Gasteiger partial charge on any atom is -0.343 e. The van der Waals surface area contributed by atoms with Crippen LogP contribution in [0.25, 0.3) is 0 Å². The zero-order valence-corrected chi connectivity index (χ0v) is 11.8. The van der Waals surface area contributed by atoms with Gasteiger partial charge >= 0.3 is 6.18 Å².